The highest BCUT2D eigenvalue weighted by Gasteiger charge is 2.41. The molecule has 4 fully saturated rings. The van der Waals surface area contributed by atoms with E-state index in [1.807, 2.05) is 0 Å². The van der Waals surface area contributed by atoms with Gasteiger partial charge in [0.2, 0.25) is 0 Å². The Morgan fingerprint density at radius 1 is 0.660 bits per heavy atom. The van der Waals surface area contributed by atoms with E-state index in [0.29, 0.717) is 24.9 Å². The molecule has 0 bridgehead atoms. The van der Waals surface area contributed by atoms with Gasteiger partial charge in [0.1, 0.15) is 0 Å². The molecule has 6 heteroatoms. The van der Waals surface area contributed by atoms with Gasteiger partial charge in [0.15, 0.2) is 5.79 Å². The molecule has 12 unspecified atom stereocenters. The Morgan fingerprint density at radius 3 is 1.80 bits per heavy atom. The minimum atomic E-state index is -3.40. The van der Waals surface area contributed by atoms with E-state index in [0.717, 1.165) is 91.6 Å². The van der Waals surface area contributed by atoms with Crippen molar-refractivity contribution < 1.29 is 22.1 Å². The molecule has 0 amide bonds. The van der Waals surface area contributed by atoms with Gasteiger partial charge in [0.05, 0.1) is 25.6 Å². The maximum Gasteiger partial charge on any atom is 0.264 e. The zero-order valence-electron chi connectivity index (χ0n) is 34.1. The fourth-order valence-electron chi connectivity index (χ4n) is 11.4. The zero-order chi connectivity index (χ0) is 36.3. The maximum atomic E-state index is 11.4. The smallest absolute Gasteiger partial charge is 0.264 e. The minimum absolute atomic E-state index is 0.0291. The van der Waals surface area contributed by atoms with Crippen molar-refractivity contribution in [3.63, 3.8) is 0 Å². The van der Waals surface area contributed by atoms with Gasteiger partial charge < -0.3 is 9.47 Å². The van der Waals surface area contributed by atoms with Gasteiger partial charge in [-0.2, -0.15) is 8.42 Å². The minimum Gasteiger partial charge on any atom is -0.347 e. The second kappa shape index (κ2) is 20.5. The van der Waals surface area contributed by atoms with Crippen LogP contribution in [0.25, 0.3) is 0 Å². The van der Waals surface area contributed by atoms with Crippen LogP contribution in [-0.2, 0) is 23.8 Å². The molecular formula is C44H82O5S. The molecule has 0 radical (unpaired) electrons. The van der Waals surface area contributed by atoms with Crippen molar-refractivity contribution in [2.24, 2.45) is 65.1 Å². The summed E-state index contributed by atoms with van der Waals surface area (Å²) in [6.07, 6.45) is 28.2. The lowest BCUT2D eigenvalue weighted by molar-refractivity contribution is -0.182. The third-order valence-electron chi connectivity index (χ3n) is 14.7. The molecular weight excluding hydrogens is 641 g/mol. The molecule has 3 aliphatic carbocycles. The lowest BCUT2D eigenvalue weighted by Gasteiger charge is -2.40. The summed E-state index contributed by atoms with van der Waals surface area (Å²) < 4.78 is 41.0. The number of hydrogen-bond donors (Lipinski definition) is 0. The molecule has 1 saturated heterocycles. The number of ether oxygens (including phenoxy) is 2. The van der Waals surface area contributed by atoms with Crippen molar-refractivity contribution in [1.82, 2.24) is 0 Å². The first-order valence-electron chi connectivity index (χ1n) is 21.9. The van der Waals surface area contributed by atoms with E-state index in [2.05, 4.69) is 48.5 Å². The lowest BCUT2D eigenvalue weighted by atomic mass is 9.65. The van der Waals surface area contributed by atoms with Crippen molar-refractivity contribution in [1.29, 1.82) is 0 Å². The predicted octanol–water partition coefficient (Wildman–Crippen LogP) is 12.2. The summed E-state index contributed by atoms with van der Waals surface area (Å²) in [6, 6.07) is 0. The van der Waals surface area contributed by atoms with Crippen molar-refractivity contribution in [2.75, 3.05) is 19.5 Å². The van der Waals surface area contributed by atoms with Gasteiger partial charge in [-0.05, 0) is 110 Å². The van der Waals surface area contributed by atoms with Crippen LogP contribution in [0.3, 0.4) is 0 Å². The van der Waals surface area contributed by atoms with Crippen molar-refractivity contribution in [2.45, 2.75) is 195 Å². The summed E-state index contributed by atoms with van der Waals surface area (Å²) in [4.78, 5) is 0. The Morgan fingerprint density at radius 2 is 1.20 bits per heavy atom. The van der Waals surface area contributed by atoms with E-state index in [1.54, 1.807) is 0 Å². The highest BCUT2D eigenvalue weighted by Crippen LogP contribution is 2.46. The summed E-state index contributed by atoms with van der Waals surface area (Å²) in [6.45, 7) is 18.6. The van der Waals surface area contributed by atoms with Crippen LogP contribution in [0.1, 0.15) is 183 Å². The van der Waals surface area contributed by atoms with E-state index in [-0.39, 0.29) is 12.7 Å². The van der Waals surface area contributed by atoms with Gasteiger partial charge in [0, 0.05) is 12.8 Å². The fourth-order valence-corrected chi connectivity index (χ4v) is 11.8. The Bertz CT molecular complexity index is 1060. The molecule has 294 valence electrons. The molecule has 4 aliphatic rings. The first-order valence-corrected chi connectivity index (χ1v) is 23.7. The zero-order valence-corrected chi connectivity index (χ0v) is 35.0. The lowest BCUT2D eigenvalue weighted by Crippen LogP contribution is -2.33. The van der Waals surface area contributed by atoms with Gasteiger partial charge >= 0.3 is 0 Å². The molecule has 0 aromatic rings. The monoisotopic (exact) mass is 723 g/mol. The first kappa shape index (κ1) is 42.6. The van der Waals surface area contributed by atoms with Crippen LogP contribution in [0.5, 0.6) is 0 Å². The molecule has 1 heterocycles. The van der Waals surface area contributed by atoms with Crippen LogP contribution in [0.15, 0.2) is 0 Å². The van der Waals surface area contributed by atoms with Crippen LogP contribution < -0.4 is 0 Å². The molecule has 0 aromatic heterocycles. The largest absolute Gasteiger partial charge is 0.347 e. The van der Waals surface area contributed by atoms with Crippen LogP contribution in [-0.4, -0.2) is 39.8 Å². The summed E-state index contributed by atoms with van der Waals surface area (Å²) in [7, 11) is -3.40. The van der Waals surface area contributed by atoms with Crippen LogP contribution in [0.4, 0.5) is 0 Å². The molecule has 5 nitrogen and oxygen atoms in total. The van der Waals surface area contributed by atoms with Crippen molar-refractivity contribution in [3.05, 3.63) is 0 Å². The quantitative estimate of drug-likeness (QED) is 0.202. The molecule has 12 atom stereocenters. The van der Waals surface area contributed by atoms with Gasteiger partial charge in [-0.25, -0.2) is 0 Å². The maximum absolute atomic E-state index is 11.4. The highest BCUT2D eigenvalue weighted by atomic mass is 32.2. The molecule has 0 aromatic carbocycles. The van der Waals surface area contributed by atoms with E-state index >= 15 is 0 Å². The number of hydrogen-bond acceptors (Lipinski definition) is 5. The molecule has 1 spiro atoms. The van der Waals surface area contributed by atoms with Gasteiger partial charge in [0.25, 0.3) is 10.1 Å². The van der Waals surface area contributed by atoms with Crippen molar-refractivity contribution >= 4 is 10.1 Å². The SMILES string of the molecule is CC1CCCC2CCCC3CCCC(C)C(C(C)C)CCC(C)C3CCC(C)C2CCC(C)CCC2(CC1)OCC(CCCOS(C)(=O)=O)O2. The van der Waals surface area contributed by atoms with Gasteiger partial charge in [-0.3, -0.25) is 4.18 Å². The Balaban J connectivity index is 1.39. The first-order chi connectivity index (χ1) is 23.7. The average molecular weight is 723 g/mol. The molecule has 4 rings (SSSR count). The summed E-state index contributed by atoms with van der Waals surface area (Å²) in [5.41, 5.74) is 0. The van der Waals surface area contributed by atoms with Crippen LogP contribution in [0, 0.1) is 65.1 Å². The van der Waals surface area contributed by atoms with Gasteiger partial charge in [-0.1, -0.05) is 126 Å². The van der Waals surface area contributed by atoms with E-state index in [4.69, 9.17) is 13.7 Å². The molecule has 3 saturated carbocycles. The summed E-state index contributed by atoms with van der Waals surface area (Å²) in [5, 5.41) is 0. The summed E-state index contributed by atoms with van der Waals surface area (Å²) >= 11 is 0. The van der Waals surface area contributed by atoms with E-state index < -0.39 is 15.9 Å². The molecule has 50 heavy (non-hydrogen) atoms. The molecule has 0 N–H and O–H groups in total. The fraction of sp³-hybridized carbons (Fsp3) is 1.00. The Labute approximate surface area is 311 Å². The van der Waals surface area contributed by atoms with Crippen LogP contribution in [0.2, 0.25) is 0 Å². The summed E-state index contributed by atoms with van der Waals surface area (Å²) in [5.74, 6) is 8.79. The third kappa shape index (κ3) is 13.6. The van der Waals surface area contributed by atoms with Gasteiger partial charge in [-0.15, -0.1) is 0 Å². The van der Waals surface area contributed by atoms with Crippen molar-refractivity contribution in [3.8, 4) is 0 Å². The topological polar surface area (TPSA) is 61.8 Å². The average Bonchev–Trinajstić information content (AvgIpc) is 3.46. The highest BCUT2D eigenvalue weighted by molar-refractivity contribution is 7.85. The standard InChI is InChI=1S/C44H82O5S/c1-32(2)41-24-21-36(6)43-25-22-37(7)42-23-20-34(4)27-29-44(47-31-40(49-44)19-12-30-48-50(8,45)46)28-26-33(3)13-9-15-38(42)17-11-18-39(43)16-10-14-35(41)5/h32-43H,9-31H2,1-8H3. The third-order valence-corrected chi connectivity index (χ3v) is 15.3. The molecule has 1 aliphatic heterocycles. The predicted molar refractivity (Wildman–Crippen MR) is 209 cm³/mol. The second-order valence-corrected chi connectivity index (χ2v) is 20.8. The van der Waals surface area contributed by atoms with Crippen LogP contribution >= 0.6 is 0 Å². The second-order valence-electron chi connectivity index (χ2n) is 19.1. The Hall–Kier alpha value is -0.170. The Kier molecular flexibility index (Phi) is 17.4. The normalized spacial score (nSPS) is 41.2. The van der Waals surface area contributed by atoms with E-state index in [1.165, 1.54) is 96.3 Å². The van der Waals surface area contributed by atoms with E-state index in [9.17, 15) is 8.42 Å². The number of rotatable bonds is 6. The number of fused-ring (bicyclic) bond motifs is 2.